The summed E-state index contributed by atoms with van der Waals surface area (Å²) >= 11 is 0. The van der Waals surface area contributed by atoms with Crippen LogP contribution in [0, 0.1) is 17.8 Å². The van der Waals surface area contributed by atoms with E-state index in [1.54, 1.807) is 0 Å². The van der Waals surface area contributed by atoms with Crippen molar-refractivity contribution in [3.8, 4) is 0 Å². The first-order valence-electron chi connectivity index (χ1n) is 5.69. The van der Waals surface area contributed by atoms with Gasteiger partial charge in [-0.1, -0.05) is 27.2 Å². The van der Waals surface area contributed by atoms with Crippen molar-refractivity contribution < 1.29 is 4.79 Å². The predicted molar refractivity (Wildman–Crippen MR) is 55.6 cm³/mol. The first kappa shape index (κ1) is 10.7. The van der Waals surface area contributed by atoms with Gasteiger partial charge in [0.15, 0.2) is 0 Å². The Morgan fingerprint density at radius 1 is 1.46 bits per heavy atom. The summed E-state index contributed by atoms with van der Waals surface area (Å²) in [6.07, 6.45) is 5.51. The standard InChI is InChI=1S/C12H22O/c1-4-6-11-10(9(2)3)7-5-8-12(11)13/h9-11H,4-8H2,1-3H3. The fourth-order valence-electron chi connectivity index (χ4n) is 2.62. The van der Waals surface area contributed by atoms with Crippen LogP contribution in [0.5, 0.6) is 0 Å². The molecule has 0 amide bonds. The van der Waals surface area contributed by atoms with Gasteiger partial charge in [-0.2, -0.15) is 0 Å². The second kappa shape index (κ2) is 4.78. The summed E-state index contributed by atoms with van der Waals surface area (Å²) < 4.78 is 0. The molecule has 2 atom stereocenters. The Labute approximate surface area is 81.9 Å². The predicted octanol–water partition coefficient (Wildman–Crippen LogP) is 3.43. The van der Waals surface area contributed by atoms with Crippen molar-refractivity contribution in [2.24, 2.45) is 17.8 Å². The molecule has 1 nitrogen and oxygen atoms in total. The Morgan fingerprint density at radius 2 is 2.15 bits per heavy atom. The fourth-order valence-corrected chi connectivity index (χ4v) is 2.62. The van der Waals surface area contributed by atoms with Gasteiger partial charge >= 0.3 is 0 Å². The van der Waals surface area contributed by atoms with Crippen molar-refractivity contribution in [3.05, 3.63) is 0 Å². The lowest BCUT2D eigenvalue weighted by molar-refractivity contribution is -0.127. The Balaban J connectivity index is 2.62. The van der Waals surface area contributed by atoms with Crippen molar-refractivity contribution in [3.63, 3.8) is 0 Å². The van der Waals surface area contributed by atoms with E-state index in [-0.39, 0.29) is 0 Å². The lowest BCUT2D eigenvalue weighted by atomic mass is 9.71. The van der Waals surface area contributed by atoms with Crippen LogP contribution in [0.3, 0.4) is 0 Å². The van der Waals surface area contributed by atoms with E-state index in [1.165, 1.54) is 6.42 Å². The average Bonchev–Trinajstić information content (AvgIpc) is 2.08. The molecule has 1 rings (SSSR count). The van der Waals surface area contributed by atoms with Crippen molar-refractivity contribution in [2.75, 3.05) is 0 Å². The molecule has 0 aromatic rings. The smallest absolute Gasteiger partial charge is 0.136 e. The second-order valence-corrected chi connectivity index (χ2v) is 4.66. The molecule has 0 aromatic heterocycles. The Kier molecular flexibility index (Phi) is 3.95. The Morgan fingerprint density at radius 3 is 2.69 bits per heavy atom. The number of ketones is 1. The van der Waals surface area contributed by atoms with E-state index in [1.807, 2.05) is 0 Å². The van der Waals surface area contributed by atoms with Crippen LogP contribution in [0.4, 0.5) is 0 Å². The molecule has 0 spiro atoms. The zero-order valence-electron chi connectivity index (χ0n) is 9.18. The third-order valence-corrected chi connectivity index (χ3v) is 3.35. The number of hydrogen-bond donors (Lipinski definition) is 0. The van der Waals surface area contributed by atoms with E-state index in [0.717, 1.165) is 25.7 Å². The molecule has 0 aromatic carbocycles. The average molecular weight is 182 g/mol. The highest BCUT2D eigenvalue weighted by atomic mass is 16.1. The van der Waals surface area contributed by atoms with Gasteiger partial charge in [-0.15, -0.1) is 0 Å². The van der Waals surface area contributed by atoms with Crippen molar-refractivity contribution in [2.45, 2.75) is 52.9 Å². The van der Waals surface area contributed by atoms with Crippen LogP contribution in [0.15, 0.2) is 0 Å². The highest BCUT2D eigenvalue weighted by molar-refractivity contribution is 5.82. The maximum absolute atomic E-state index is 11.7. The molecule has 13 heavy (non-hydrogen) atoms. The highest BCUT2D eigenvalue weighted by Gasteiger charge is 2.32. The number of hydrogen-bond acceptors (Lipinski definition) is 1. The molecule has 2 unspecified atom stereocenters. The molecule has 0 saturated heterocycles. The van der Waals surface area contributed by atoms with Gasteiger partial charge in [0.2, 0.25) is 0 Å². The van der Waals surface area contributed by atoms with E-state index in [2.05, 4.69) is 20.8 Å². The van der Waals surface area contributed by atoms with E-state index in [9.17, 15) is 4.79 Å². The number of rotatable bonds is 3. The molecule has 0 heterocycles. The lowest BCUT2D eigenvalue weighted by Gasteiger charge is -2.33. The minimum absolute atomic E-state index is 0.388. The maximum Gasteiger partial charge on any atom is 0.136 e. The lowest BCUT2D eigenvalue weighted by Crippen LogP contribution is -2.31. The summed E-state index contributed by atoms with van der Waals surface area (Å²) in [6, 6.07) is 0. The quantitative estimate of drug-likeness (QED) is 0.653. The highest BCUT2D eigenvalue weighted by Crippen LogP contribution is 2.35. The molecule has 1 aliphatic rings. The first-order chi connectivity index (χ1) is 6.16. The summed E-state index contributed by atoms with van der Waals surface area (Å²) in [7, 11) is 0. The van der Waals surface area contributed by atoms with Gasteiger partial charge in [0.05, 0.1) is 0 Å². The van der Waals surface area contributed by atoms with Crippen molar-refractivity contribution in [1.82, 2.24) is 0 Å². The first-order valence-corrected chi connectivity index (χ1v) is 5.69. The molecule has 0 aliphatic heterocycles. The Bertz CT molecular complexity index is 172. The van der Waals surface area contributed by atoms with Gasteiger partial charge in [0.25, 0.3) is 0 Å². The maximum atomic E-state index is 11.7. The summed E-state index contributed by atoms with van der Waals surface area (Å²) in [6.45, 7) is 6.69. The molecule has 0 radical (unpaired) electrons. The summed E-state index contributed by atoms with van der Waals surface area (Å²) in [5.41, 5.74) is 0. The van der Waals surface area contributed by atoms with Gasteiger partial charge in [0, 0.05) is 12.3 Å². The third-order valence-electron chi connectivity index (χ3n) is 3.35. The topological polar surface area (TPSA) is 17.1 Å². The summed E-state index contributed by atoms with van der Waals surface area (Å²) in [4.78, 5) is 11.7. The normalized spacial score (nSPS) is 29.7. The minimum Gasteiger partial charge on any atom is -0.299 e. The molecule has 1 aliphatic carbocycles. The van der Waals surface area contributed by atoms with Crippen LogP contribution in [-0.4, -0.2) is 5.78 Å². The van der Waals surface area contributed by atoms with Crippen LogP contribution in [-0.2, 0) is 4.79 Å². The van der Waals surface area contributed by atoms with Crippen LogP contribution < -0.4 is 0 Å². The summed E-state index contributed by atoms with van der Waals surface area (Å²) in [5.74, 6) is 2.27. The molecule has 76 valence electrons. The van der Waals surface area contributed by atoms with Crippen LogP contribution >= 0.6 is 0 Å². The van der Waals surface area contributed by atoms with Crippen molar-refractivity contribution >= 4 is 5.78 Å². The van der Waals surface area contributed by atoms with Gasteiger partial charge in [-0.25, -0.2) is 0 Å². The van der Waals surface area contributed by atoms with E-state index < -0.39 is 0 Å². The van der Waals surface area contributed by atoms with Crippen LogP contribution in [0.1, 0.15) is 52.9 Å². The molecular weight excluding hydrogens is 160 g/mol. The van der Waals surface area contributed by atoms with Crippen molar-refractivity contribution in [1.29, 1.82) is 0 Å². The molecular formula is C12H22O. The molecule has 0 N–H and O–H groups in total. The number of Topliss-reactive ketones (excluding diaryl/α,β-unsaturated/α-hetero) is 1. The second-order valence-electron chi connectivity index (χ2n) is 4.66. The molecule has 0 bridgehead atoms. The SMILES string of the molecule is CCCC1C(=O)CCCC1C(C)C. The zero-order chi connectivity index (χ0) is 9.84. The fraction of sp³-hybridized carbons (Fsp3) is 0.917. The molecule has 1 heteroatoms. The minimum atomic E-state index is 0.388. The molecule has 1 saturated carbocycles. The van der Waals surface area contributed by atoms with Gasteiger partial charge in [-0.3, -0.25) is 4.79 Å². The third kappa shape index (κ3) is 2.55. The van der Waals surface area contributed by atoms with Gasteiger partial charge in [0.1, 0.15) is 5.78 Å². The van der Waals surface area contributed by atoms with Crippen LogP contribution in [0.25, 0.3) is 0 Å². The van der Waals surface area contributed by atoms with Crippen LogP contribution in [0.2, 0.25) is 0 Å². The number of carbonyl (C=O) groups excluding carboxylic acids is 1. The monoisotopic (exact) mass is 182 g/mol. The van der Waals surface area contributed by atoms with E-state index >= 15 is 0 Å². The largest absolute Gasteiger partial charge is 0.299 e. The Hall–Kier alpha value is -0.330. The number of carbonyl (C=O) groups is 1. The van der Waals surface area contributed by atoms with Gasteiger partial charge in [-0.05, 0) is 31.1 Å². The van der Waals surface area contributed by atoms with E-state index in [4.69, 9.17) is 0 Å². The van der Waals surface area contributed by atoms with E-state index in [0.29, 0.717) is 23.5 Å². The zero-order valence-corrected chi connectivity index (χ0v) is 9.18. The molecule has 1 fully saturated rings. The summed E-state index contributed by atoms with van der Waals surface area (Å²) in [5, 5.41) is 0. The van der Waals surface area contributed by atoms with Gasteiger partial charge < -0.3 is 0 Å².